The Morgan fingerprint density at radius 3 is 2.75 bits per heavy atom. The van der Waals surface area contributed by atoms with E-state index >= 15 is 0 Å². The number of hydrogen-bond donors (Lipinski definition) is 2. The number of aliphatic hydroxyl groups excluding tert-OH is 2. The third-order valence-electron chi connectivity index (χ3n) is 2.74. The highest BCUT2D eigenvalue weighted by Crippen LogP contribution is 2.17. The predicted molar refractivity (Wildman–Crippen MR) is 80.8 cm³/mol. The van der Waals surface area contributed by atoms with Crippen LogP contribution in [0.3, 0.4) is 0 Å². The van der Waals surface area contributed by atoms with Crippen molar-refractivity contribution in [2.45, 2.75) is 32.7 Å². The smallest absolute Gasteiger partial charge is 0.254 e. The van der Waals surface area contributed by atoms with Crippen LogP contribution in [0.25, 0.3) is 0 Å². The average molecular weight is 295 g/mol. The van der Waals surface area contributed by atoms with Gasteiger partial charge in [0.15, 0.2) is 0 Å². The van der Waals surface area contributed by atoms with Crippen LogP contribution in [0.2, 0.25) is 0 Å². The van der Waals surface area contributed by atoms with E-state index in [0.717, 1.165) is 4.88 Å². The minimum absolute atomic E-state index is 0.0279. The zero-order valence-electron chi connectivity index (χ0n) is 11.9. The standard InChI is InChI=1S/C15H21NO3S/c1-12(2)16(7-5-9-18)15(19)13-10-14(20-11-13)6-3-4-8-17/h10-12,17-18H,4-5,7-9H2,1-2H3. The van der Waals surface area contributed by atoms with Gasteiger partial charge in [0.25, 0.3) is 5.91 Å². The van der Waals surface area contributed by atoms with Crippen molar-refractivity contribution in [3.63, 3.8) is 0 Å². The molecule has 1 aromatic rings. The normalized spacial score (nSPS) is 10.2. The summed E-state index contributed by atoms with van der Waals surface area (Å²) in [5.41, 5.74) is 0.634. The Bertz CT molecular complexity index is 485. The second-order valence-corrected chi connectivity index (χ2v) is 5.56. The molecule has 0 saturated carbocycles. The number of carbonyl (C=O) groups excluding carboxylic acids is 1. The Morgan fingerprint density at radius 2 is 2.15 bits per heavy atom. The van der Waals surface area contributed by atoms with E-state index in [1.54, 1.807) is 16.3 Å². The molecule has 1 amide bonds. The fraction of sp³-hybridized carbons (Fsp3) is 0.533. The summed E-state index contributed by atoms with van der Waals surface area (Å²) in [6, 6.07) is 1.88. The quantitative estimate of drug-likeness (QED) is 0.786. The van der Waals surface area contributed by atoms with Crippen molar-refractivity contribution in [3.05, 3.63) is 21.9 Å². The summed E-state index contributed by atoms with van der Waals surface area (Å²) < 4.78 is 0. The first kappa shape index (κ1) is 16.7. The van der Waals surface area contributed by atoms with Crippen LogP contribution in [-0.4, -0.2) is 46.8 Å². The summed E-state index contributed by atoms with van der Waals surface area (Å²) in [7, 11) is 0. The zero-order chi connectivity index (χ0) is 15.0. The summed E-state index contributed by atoms with van der Waals surface area (Å²) in [6.07, 6.45) is 1.02. The number of thiophene rings is 1. The summed E-state index contributed by atoms with van der Waals surface area (Å²) in [6.45, 7) is 4.60. The fourth-order valence-corrected chi connectivity index (χ4v) is 2.47. The Morgan fingerprint density at radius 1 is 1.40 bits per heavy atom. The van der Waals surface area contributed by atoms with Crippen LogP contribution in [0.5, 0.6) is 0 Å². The van der Waals surface area contributed by atoms with Gasteiger partial charge >= 0.3 is 0 Å². The summed E-state index contributed by atoms with van der Waals surface area (Å²) in [4.78, 5) is 15.0. The molecule has 20 heavy (non-hydrogen) atoms. The number of aliphatic hydroxyl groups is 2. The molecule has 0 bridgehead atoms. The van der Waals surface area contributed by atoms with Crippen molar-refractivity contribution in [1.82, 2.24) is 4.90 Å². The van der Waals surface area contributed by atoms with Crippen LogP contribution in [0.4, 0.5) is 0 Å². The van der Waals surface area contributed by atoms with Crippen LogP contribution >= 0.6 is 11.3 Å². The fourth-order valence-electron chi connectivity index (χ4n) is 1.72. The van der Waals surface area contributed by atoms with E-state index in [4.69, 9.17) is 10.2 Å². The summed E-state index contributed by atoms with van der Waals surface area (Å²) >= 11 is 1.43. The monoisotopic (exact) mass is 295 g/mol. The molecule has 0 radical (unpaired) electrons. The lowest BCUT2D eigenvalue weighted by atomic mass is 10.2. The Kier molecular flexibility index (Phi) is 7.31. The number of amides is 1. The molecule has 0 fully saturated rings. The average Bonchev–Trinajstić information content (AvgIpc) is 2.87. The maximum absolute atomic E-state index is 12.4. The zero-order valence-corrected chi connectivity index (χ0v) is 12.7. The van der Waals surface area contributed by atoms with Crippen LogP contribution in [0, 0.1) is 11.8 Å². The Balaban J connectivity index is 2.77. The van der Waals surface area contributed by atoms with E-state index in [1.165, 1.54) is 11.3 Å². The minimum Gasteiger partial charge on any atom is -0.396 e. The number of nitrogens with zero attached hydrogens (tertiary/aromatic N) is 1. The van der Waals surface area contributed by atoms with Gasteiger partial charge in [0.2, 0.25) is 0 Å². The molecule has 0 aliphatic rings. The van der Waals surface area contributed by atoms with Gasteiger partial charge in [-0.25, -0.2) is 0 Å². The molecular formula is C15H21NO3S. The van der Waals surface area contributed by atoms with E-state index in [9.17, 15) is 4.79 Å². The topological polar surface area (TPSA) is 60.8 Å². The molecule has 1 rings (SSSR count). The van der Waals surface area contributed by atoms with Crippen LogP contribution < -0.4 is 0 Å². The molecule has 5 heteroatoms. The van der Waals surface area contributed by atoms with Crippen molar-refractivity contribution in [3.8, 4) is 11.8 Å². The van der Waals surface area contributed by atoms with Gasteiger partial charge in [0.05, 0.1) is 17.0 Å². The first-order valence-electron chi connectivity index (χ1n) is 6.70. The van der Waals surface area contributed by atoms with Crippen LogP contribution in [-0.2, 0) is 0 Å². The number of rotatable bonds is 6. The Hall–Kier alpha value is -1.35. The molecular weight excluding hydrogens is 274 g/mol. The highest BCUT2D eigenvalue weighted by Gasteiger charge is 2.19. The summed E-state index contributed by atoms with van der Waals surface area (Å²) in [5.74, 6) is 5.74. The molecule has 0 aliphatic carbocycles. The van der Waals surface area contributed by atoms with Gasteiger partial charge in [0, 0.05) is 31.0 Å². The molecule has 0 atom stereocenters. The van der Waals surface area contributed by atoms with Gasteiger partial charge in [-0.15, -0.1) is 11.3 Å². The van der Waals surface area contributed by atoms with Crippen molar-refractivity contribution in [2.24, 2.45) is 0 Å². The van der Waals surface area contributed by atoms with Gasteiger partial charge in [-0.3, -0.25) is 4.79 Å². The largest absolute Gasteiger partial charge is 0.396 e. The van der Waals surface area contributed by atoms with Gasteiger partial charge in [0.1, 0.15) is 0 Å². The molecule has 0 unspecified atom stereocenters. The van der Waals surface area contributed by atoms with Crippen molar-refractivity contribution in [2.75, 3.05) is 19.8 Å². The minimum atomic E-state index is -0.0279. The molecule has 0 saturated heterocycles. The van der Waals surface area contributed by atoms with Crippen LogP contribution in [0.15, 0.2) is 11.4 Å². The van der Waals surface area contributed by atoms with Crippen molar-refractivity contribution in [1.29, 1.82) is 0 Å². The van der Waals surface area contributed by atoms with Crippen molar-refractivity contribution < 1.29 is 15.0 Å². The van der Waals surface area contributed by atoms with Gasteiger partial charge in [-0.1, -0.05) is 11.8 Å². The Labute approximate surface area is 124 Å². The predicted octanol–water partition coefficient (Wildman–Crippen LogP) is 1.71. The lowest BCUT2D eigenvalue weighted by Crippen LogP contribution is -2.37. The molecule has 4 nitrogen and oxygen atoms in total. The molecule has 2 N–H and O–H groups in total. The molecule has 1 heterocycles. The second-order valence-electron chi connectivity index (χ2n) is 4.64. The van der Waals surface area contributed by atoms with E-state index < -0.39 is 0 Å². The van der Waals surface area contributed by atoms with Gasteiger partial charge < -0.3 is 15.1 Å². The number of hydrogen-bond acceptors (Lipinski definition) is 4. The second kappa shape index (κ2) is 8.75. The van der Waals surface area contributed by atoms with Gasteiger partial charge in [-0.2, -0.15) is 0 Å². The lowest BCUT2D eigenvalue weighted by Gasteiger charge is -2.26. The van der Waals surface area contributed by atoms with E-state index in [1.807, 2.05) is 13.8 Å². The maximum Gasteiger partial charge on any atom is 0.254 e. The first-order chi connectivity index (χ1) is 9.60. The lowest BCUT2D eigenvalue weighted by molar-refractivity contribution is 0.0693. The first-order valence-corrected chi connectivity index (χ1v) is 7.58. The van der Waals surface area contributed by atoms with Gasteiger partial charge in [-0.05, 0) is 26.3 Å². The molecule has 1 aromatic heterocycles. The van der Waals surface area contributed by atoms with Crippen molar-refractivity contribution >= 4 is 17.2 Å². The van der Waals surface area contributed by atoms with E-state index in [-0.39, 0.29) is 25.2 Å². The maximum atomic E-state index is 12.4. The van der Waals surface area contributed by atoms with E-state index in [0.29, 0.717) is 24.9 Å². The molecule has 0 spiro atoms. The van der Waals surface area contributed by atoms with E-state index in [2.05, 4.69) is 11.8 Å². The molecule has 110 valence electrons. The van der Waals surface area contributed by atoms with Crippen LogP contribution in [0.1, 0.15) is 41.9 Å². The third kappa shape index (κ3) is 4.97. The third-order valence-corrected chi connectivity index (χ3v) is 3.58. The SMILES string of the molecule is CC(C)N(CCCO)C(=O)c1csc(C#CCCO)c1. The highest BCUT2D eigenvalue weighted by molar-refractivity contribution is 7.10. The highest BCUT2D eigenvalue weighted by atomic mass is 32.1. The molecule has 0 aliphatic heterocycles. The summed E-state index contributed by atoms with van der Waals surface area (Å²) in [5, 5.41) is 19.4. The number of carbonyl (C=O) groups is 1. The molecule has 0 aromatic carbocycles.